The molecule has 0 aromatic heterocycles. The van der Waals surface area contributed by atoms with Crippen molar-refractivity contribution in [3.63, 3.8) is 0 Å². The number of rotatable bonds is 9. The van der Waals surface area contributed by atoms with E-state index in [1.165, 1.54) is 19.2 Å². The van der Waals surface area contributed by atoms with Crippen LogP contribution in [-0.2, 0) is 31.4 Å². The highest BCUT2D eigenvalue weighted by atomic mass is 32.2. The Morgan fingerprint density at radius 1 is 0.966 bits per heavy atom. The lowest BCUT2D eigenvalue weighted by Crippen LogP contribution is -2.31. The molecule has 1 amide bonds. The van der Waals surface area contributed by atoms with Gasteiger partial charge in [-0.25, -0.2) is 26.3 Å². The molecule has 10 heteroatoms. The lowest BCUT2D eigenvalue weighted by molar-refractivity contribution is -0.121. The molecule has 2 aromatic carbocycles. The fourth-order valence-corrected chi connectivity index (χ4v) is 4.76. The molecule has 0 bridgehead atoms. The van der Waals surface area contributed by atoms with Crippen LogP contribution in [0.25, 0.3) is 0 Å². The van der Waals surface area contributed by atoms with Gasteiger partial charge in [-0.05, 0) is 50.2 Å². The van der Waals surface area contributed by atoms with Crippen LogP contribution in [0.2, 0.25) is 0 Å². The third kappa shape index (κ3) is 6.36. The fraction of sp³-hybridized carbons (Fsp3) is 0.316. The van der Waals surface area contributed by atoms with E-state index in [0.29, 0.717) is 11.1 Å². The number of sulfonamides is 2. The molecule has 0 spiro atoms. The lowest BCUT2D eigenvalue weighted by atomic mass is 10.2. The number of aryl methyl sites for hydroxylation is 2. The van der Waals surface area contributed by atoms with Crippen molar-refractivity contribution in [2.75, 3.05) is 13.6 Å². The van der Waals surface area contributed by atoms with Gasteiger partial charge < -0.3 is 5.32 Å². The van der Waals surface area contributed by atoms with Gasteiger partial charge in [0.25, 0.3) is 0 Å². The van der Waals surface area contributed by atoms with Crippen LogP contribution < -0.4 is 14.8 Å². The Labute approximate surface area is 171 Å². The number of benzene rings is 2. The normalized spacial score (nSPS) is 12.0. The van der Waals surface area contributed by atoms with E-state index in [-0.39, 0.29) is 35.2 Å². The molecular weight excluding hydrogens is 414 g/mol. The van der Waals surface area contributed by atoms with Gasteiger partial charge in [-0.2, -0.15) is 0 Å². The number of carbonyl (C=O) groups excluding carboxylic acids is 1. The minimum absolute atomic E-state index is 0.0430. The van der Waals surface area contributed by atoms with Crippen LogP contribution in [0.1, 0.15) is 23.1 Å². The summed E-state index contributed by atoms with van der Waals surface area (Å²) in [6.07, 6.45) is -0.0430. The maximum Gasteiger partial charge on any atom is 0.240 e. The highest BCUT2D eigenvalue weighted by Crippen LogP contribution is 2.16. The summed E-state index contributed by atoms with van der Waals surface area (Å²) in [5.74, 6) is -0.352. The van der Waals surface area contributed by atoms with Crippen molar-refractivity contribution in [2.24, 2.45) is 0 Å². The Morgan fingerprint density at radius 3 is 2.34 bits per heavy atom. The number of hydrogen-bond donors (Lipinski definition) is 3. The molecule has 0 aliphatic heterocycles. The third-order valence-electron chi connectivity index (χ3n) is 4.23. The van der Waals surface area contributed by atoms with Crippen molar-refractivity contribution in [1.29, 1.82) is 0 Å². The summed E-state index contributed by atoms with van der Waals surface area (Å²) in [6, 6.07) is 11.2. The molecule has 0 heterocycles. The largest absolute Gasteiger partial charge is 0.352 e. The van der Waals surface area contributed by atoms with E-state index in [4.69, 9.17) is 0 Å². The van der Waals surface area contributed by atoms with Crippen LogP contribution in [0.15, 0.2) is 52.3 Å². The van der Waals surface area contributed by atoms with Gasteiger partial charge in [-0.15, -0.1) is 0 Å². The Morgan fingerprint density at radius 2 is 1.69 bits per heavy atom. The summed E-state index contributed by atoms with van der Waals surface area (Å²) < 4.78 is 53.1. The number of amides is 1. The molecule has 0 fully saturated rings. The first-order valence-electron chi connectivity index (χ1n) is 8.91. The highest BCUT2D eigenvalue weighted by Gasteiger charge is 2.17. The zero-order chi connectivity index (χ0) is 21.7. The van der Waals surface area contributed by atoms with Crippen molar-refractivity contribution in [3.8, 4) is 0 Å². The van der Waals surface area contributed by atoms with Crippen molar-refractivity contribution in [3.05, 3.63) is 59.2 Å². The Hall–Kier alpha value is -2.27. The average molecular weight is 440 g/mol. The van der Waals surface area contributed by atoms with Gasteiger partial charge in [0.05, 0.1) is 9.79 Å². The molecule has 0 unspecified atom stereocenters. The summed E-state index contributed by atoms with van der Waals surface area (Å²) in [4.78, 5) is 12.3. The molecule has 0 aliphatic rings. The summed E-state index contributed by atoms with van der Waals surface area (Å²) in [5, 5.41) is 2.65. The van der Waals surface area contributed by atoms with Gasteiger partial charge in [0, 0.05) is 19.5 Å². The minimum Gasteiger partial charge on any atom is -0.352 e. The highest BCUT2D eigenvalue weighted by molar-refractivity contribution is 7.89. The first-order chi connectivity index (χ1) is 13.5. The second-order valence-electron chi connectivity index (χ2n) is 6.55. The second-order valence-corrected chi connectivity index (χ2v) is 10.2. The number of nitrogens with one attached hydrogen (secondary N) is 3. The van der Waals surface area contributed by atoms with Crippen LogP contribution in [0, 0.1) is 13.8 Å². The molecule has 0 aliphatic carbocycles. The molecule has 0 saturated carbocycles. The molecule has 2 rings (SSSR count). The minimum atomic E-state index is -3.70. The molecule has 29 heavy (non-hydrogen) atoms. The maximum absolute atomic E-state index is 12.4. The van der Waals surface area contributed by atoms with Crippen molar-refractivity contribution >= 4 is 26.0 Å². The zero-order valence-electron chi connectivity index (χ0n) is 16.5. The molecule has 8 nitrogen and oxygen atoms in total. The van der Waals surface area contributed by atoms with Gasteiger partial charge in [0.2, 0.25) is 26.0 Å². The SMILES string of the molecule is CNS(=O)(=O)c1cccc(CNC(=O)CCNS(=O)(=O)c2ccc(C)cc2C)c1. The average Bonchev–Trinajstić information content (AvgIpc) is 2.66. The van der Waals surface area contributed by atoms with E-state index in [2.05, 4.69) is 14.8 Å². The van der Waals surface area contributed by atoms with Crippen molar-refractivity contribution in [2.45, 2.75) is 36.6 Å². The van der Waals surface area contributed by atoms with Gasteiger partial charge in [-0.3, -0.25) is 4.79 Å². The van der Waals surface area contributed by atoms with E-state index in [0.717, 1.165) is 5.56 Å². The second kappa shape index (κ2) is 9.49. The van der Waals surface area contributed by atoms with Crippen LogP contribution in [-0.4, -0.2) is 36.3 Å². The summed E-state index contributed by atoms with van der Waals surface area (Å²) in [5.41, 5.74) is 2.22. The molecule has 0 saturated heterocycles. The van der Waals surface area contributed by atoms with Crippen molar-refractivity contribution < 1.29 is 21.6 Å². The van der Waals surface area contributed by atoms with Crippen molar-refractivity contribution in [1.82, 2.24) is 14.8 Å². The fourth-order valence-electron chi connectivity index (χ4n) is 2.71. The number of carbonyl (C=O) groups is 1. The first kappa shape index (κ1) is 23.0. The summed E-state index contributed by atoms with van der Waals surface area (Å²) >= 11 is 0. The predicted octanol–water partition coefficient (Wildman–Crippen LogP) is 1.20. The van der Waals surface area contributed by atoms with Gasteiger partial charge in [0.1, 0.15) is 0 Å². The van der Waals surface area contributed by atoms with E-state index in [1.54, 1.807) is 37.3 Å². The van der Waals surface area contributed by atoms with Crippen LogP contribution in [0.5, 0.6) is 0 Å². The van der Waals surface area contributed by atoms with Gasteiger partial charge in [0.15, 0.2) is 0 Å². The quantitative estimate of drug-likeness (QED) is 0.542. The van der Waals surface area contributed by atoms with Crippen LogP contribution in [0.4, 0.5) is 0 Å². The molecule has 3 N–H and O–H groups in total. The van der Waals surface area contributed by atoms with E-state index in [1.807, 2.05) is 6.92 Å². The van der Waals surface area contributed by atoms with Crippen LogP contribution in [0.3, 0.4) is 0 Å². The molecule has 0 radical (unpaired) electrons. The molecule has 158 valence electrons. The summed E-state index contributed by atoms with van der Waals surface area (Å²) in [6.45, 7) is 3.69. The third-order valence-corrected chi connectivity index (χ3v) is 7.26. The first-order valence-corrected chi connectivity index (χ1v) is 11.9. The Balaban J connectivity index is 1.88. The Kier molecular flexibility index (Phi) is 7.53. The van der Waals surface area contributed by atoms with Crippen LogP contribution >= 0.6 is 0 Å². The predicted molar refractivity (Wildman–Crippen MR) is 110 cm³/mol. The lowest BCUT2D eigenvalue weighted by Gasteiger charge is -2.10. The molecule has 0 atom stereocenters. The standard InChI is InChI=1S/C19H25N3O5S2/c1-14-7-8-18(15(2)11-14)29(26,27)22-10-9-19(23)21-13-16-5-4-6-17(12-16)28(24,25)20-3/h4-8,11-12,20,22H,9-10,13H2,1-3H3,(H,21,23). The van der Waals surface area contributed by atoms with E-state index < -0.39 is 20.0 Å². The maximum atomic E-state index is 12.4. The summed E-state index contributed by atoms with van der Waals surface area (Å²) in [7, 11) is -5.94. The topological polar surface area (TPSA) is 121 Å². The number of hydrogen-bond acceptors (Lipinski definition) is 5. The van der Waals surface area contributed by atoms with E-state index in [9.17, 15) is 21.6 Å². The van der Waals surface area contributed by atoms with Gasteiger partial charge >= 0.3 is 0 Å². The smallest absolute Gasteiger partial charge is 0.240 e. The van der Waals surface area contributed by atoms with E-state index >= 15 is 0 Å². The van der Waals surface area contributed by atoms with Gasteiger partial charge in [-0.1, -0.05) is 29.8 Å². The molecule has 2 aromatic rings. The Bertz CT molecular complexity index is 1100. The molecular formula is C19H25N3O5S2. The monoisotopic (exact) mass is 439 g/mol. The zero-order valence-corrected chi connectivity index (χ0v) is 18.2.